The van der Waals surface area contributed by atoms with Gasteiger partial charge >= 0.3 is 17.9 Å². The van der Waals surface area contributed by atoms with Gasteiger partial charge in [-0.15, -0.1) is 0 Å². The first-order valence-corrected chi connectivity index (χ1v) is 8.28. The Labute approximate surface area is 147 Å². The van der Waals surface area contributed by atoms with Crippen molar-refractivity contribution >= 4 is 17.9 Å². The van der Waals surface area contributed by atoms with E-state index in [0.29, 0.717) is 42.4 Å². The van der Waals surface area contributed by atoms with Crippen molar-refractivity contribution in [3.8, 4) is 0 Å². The summed E-state index contributed by atoms with van der Waals surface area (Å²) < 4.78 is 16.2. The van der Waals surface area contributed by atoms with Crippen LogP contribution in [0.15, 0.2) is 36.5 Å². The summed E-state index contributed by atoms with van der Waals surface area (Å²) in [5, 5.41) is 0. The maximum absolute atomic E-state index is 11.9. The molecule has 25 heavy (non-hydrogen) atoms. The number of ether oxygens (including phenoxy) is 3. The summed E-state index contributed by atoms with van der Waals surface area (Å²) in [7, 11) is 0. The van der Waals surface area contributed by atoms with Crippen LogP contribution in [0, 0.1) is 5.92 Å². The molecule has 0 spiro atoms. The van der Waals surface area contributed by atoms with Crippen LogP contribution in [-0.2, 0) is 28.6 Å². The number of esters is 3. The van der Waals surface area contributed by atoms with E-state index in [0.717, 1.165) is 0 Å². The first-order valence-electron chi connectivity index (χ1n) is 8.28. The fourth-order valence-corrected chi connectivity index (χ4v) is 3.29. The summed E-state index contributed by atoms with van der Waals surface area (Å²) >= 11 is 0. The van der Waals surface area contributed by atoms with Crippen LogP contribution in [0.1, 0.15) is 39.5 Å². The molecule has 0 radical (unpaired) electrons. The Hall–Kier alpha value is -2.37. The molecule has 1 saturated heterocycles. The van der Waals surface area contributed by atoms with E-state index < -0.39 is 36.2 Å². The Morgan fingerprint density at radius 2 is 1.64 bits per heavy atom. The van der Waals surface area contributed by atoms with Crippen molar-refractivity contribution in [1.29, 1.82) is 0 Å². The van der Waals surface area contributed by atoms with Gasteiger partial charge in [0.25, 0.3) is 0 Å². The summed E-state index contributed by atoms with van der Waals surface area (Å²) in [5.74, 6) is -1.59. The van der Waals surface area contributed by atoms with Gasteiger partial charge in [-0.25, -0.2) is 4.79 Å². The van der Waals surface area contributed by atoms with E-state index in [1.165, 1.54) is 13.8 Å². The number of hydrogen-bond acceptors (Lipinski definition) is 6. The van der Waals surface area contributed by atoms with Gasteiger partial charge in [0.05, 0.1) is 0 Å². The fourth-order valence-electron chi connectivity index (χ4n) is 3.29. The average molecular weight is 348 g/mol. The molecule has 2 aliphatic rings. The van der Waals surface area contributed by atoms with Crippen molar-refractivity contribution < 1.29 is 28.6 Å². The fraction of sp³-hybridized carbons (Fsp3) is 0.526. The molecule has 2 fully saturated rings. The lowest BCUT2D eigenvalue weighted by Gasteiger charge is -2.29. The van der Waals surface area contributed by atoms with E-state index in [9.17, 15) is 14.4 Å². The van der Waals surface area contributed by atoms with Crippen molar-refractivity contribution in [2.24, 2.45) is 5.92 Å². The number of fused-ring (bicyclic) bond motifs is 1. The van der Waals surface area contributed by atoms with Crippen molar-refractivity contribution in [3.63, 3.8) is 0 Å². The van der Waals surface area contributed by atoms with Gasteiger partial charge in [0.15, 0.2) is 0 Å². The molecule has 0 N–H and O–H groups in total. The Morgan fingerprint density at radius 3 is 2.24 bits per heavy atom. The van der Waals surface area contributed by atoms with Crippen LogP contribution in [0.5, 0.6) is 0 Å². The summed E-state index contributed by atoms with van der Waals surface area (Å²) in [4.78, 5) is 34.8. The largest absolute Gasteiger partial charge is 0.458 e. The molecular formula is C19H24O6. The number of rotatable bonds is 2. The highest BCUT2D eigenvalue weighted by Gasteiger charge is 2.42. The second kappa shape index (κ2) is 7.68. The smallest absolute Gasteiger partial charge is 0.334 e. The minimum Gasteiger partial charge on any atom is -0.458 e. The summed E-state index contributed by atoms with van der Waals surface area (Å²) in [6, 6.07) is 0. The predicted octanol–water partition coefficient (Wildman–Crippen LogP) is 2.63. The molecule has 1 heterocycles. The van der Waals surface area contributed by atoms with Gasteiger partial charge in [0.1, 0.15) is 18.3 Å². The molecular weight excluding hydrogens is 324 g/mol. The topological polar surface area (TPSA) is 78.9 Å². The normalized spacial score (nSPS) is 30.3. The lowest BCUT2D eigenvalue weighted by molar-refractivity contribution is -0.147. The third-order valence-corrected chi connectivity index (χ3v) is 4.60. The molecule has 136 valence electrons. The van der Waals surface area contributed by atoms with Crippen molar-refractivity contribution in [2.75, 3.05) is 0 Å². The van der Waals surface area contributed by atoms with E-state index in [1.807, 2.05) is 0 Å². The van der Waals surface area contributed by atoms with Crippen LogP contribution >= 0.6 is 0 Å². The number of carbonyl (C=O) groups excluding carboxylic acids is 3. The SMILES string of the molecule is C=C1CC2OC(=O)C(=C)C2CC(OC(C)=O)C(=C)CCC1OC(C)=O. The zero-order valence-electron chi connectivity index (χ0n) is 14.7. The Balaban J connectivity index is 2.30. The lowest BCUT2D eigenvalue weighted by Crippen LogP contribution is -2.31. The maximum Gasteiger partial charge on any atom is 0.334 e. The summed E-state index contributed by atoms with van der Waals surface area (Å²) in [5.41, 5.74) is 1.74. The van der Waals surface area contributed by atoms with Crippen molar-refractivity contribution in [2.45, 2.75) is 57.8 Å². The Bertz CT molecular complexity index is 632. The highest BCUT2D eigenvalue weighted by molar-refractivity contribution is 5.90. The quantitative estimate of drug-likeness (QED) is 0.330. The highest BCUT2D eigenvalue weighted by atomic mass is 16.6. The molecule has 0 bridgehead atoms. The first kappa shape index (κ1) is 19.0. The predicted molar refractivity (Wildman–Crippen MR) is 90.4 cm³/mol. The molecule has 4 unspecified atom stereocenters. The molecule has 0 aromatic carbocycles. The average Bonchev–Trinajstić information content (AvgIpc) is 2.76. The van der Waals surface area contributed by atoms with E-state index in [4.69, 9.17) is 14.2 Å². The number of hydrogen-bond donors (Lipinski definition) is 0. The van der Waals surface area contributed by atoms with Gasteiger partial charge in [-0.1, -0.05) is 19.7 Å². The molecule has 1 aliphatic carbocycles. The molecule has 0 aromatic rings. The zero-order valence-corrected chi connectivity index (χ0v) is 14.7. The second-order valence-electron chi connectivity index (χ2n) is 6.57. The van der Waals surface area contributed by atoms with Gasteiger partial charge in [-0.2, -0.15) is 0 Å². The molecule has 0 aromatic heterocycles. The maximum atomic E-state index is 11.9. The van der Waals surface area contributed by atoms with E-state index >= 15 is 0 Å². The number of carbonyl (C=O) groups is 3. The van der Waals surface area contributed by atoms with Gasteiger partial charge in [0, 0.05) is 31.8 Å². The van der Waals surface area contributed by atoms with Gasteiger partial charge in [0.2, 0.25) is 0 Å². The van der Waals surface area contributed by atoms with Gasteiger partial charge < -0.3 is 14.2 Å². The van der Waals surface area contributed by atoms with E-state index in [1.54, 1.807) is 0 Å². The lowest BCUT2D eigenvalue weighted by atomic mass is 9.82. The second-order valence-corrected chi connectivity index (χ2v) is 6.57. The van der Waals surface area contributed by atoms with E-state index in [2.05, 4.69) is 19.7 Å². The van der Waals surface area contributed by atoms with Crippen LogP contribution in [0.4, 0.5) is 0 Å². The van der Waals surface area contributed by atoms with Crippen molar-refractivity contribution in [1.82, 2.24) is 0 Å². The standard InChI is InChI=1S/C19H24O6/c1-10-6-7-16(23-13(4)20)11(2)8-18-15(12(3)19(22)25-18)9-17(10)24-14(5)21/h15-18H,1-3,6-9H2,4-5H3. The first-order chi connectivity index (χ1) is 11.7. The van der Waals surface area contributed by atoms with Crippen LogP contribution in [0.2, 0.25) is 0 Å². The zero-order chi connectivity index (χ0) is 18.7. The third kappa shape index (κ3) is 4.59. The highest BCUT2D eigenvalue weighted by Crippen LogP contribution is 2.38. The molecule has 4 atom stereocenters. The molecule has 6 nitrogen and oxygen atoms in total. The van der Waals surface area contributed by atoms with Crippen LogP contribution in [0.3, 0.4) is 0 Å². The molecule has 2 rings (SSSR count). The molecule has 6 heteroatoms. The van der Waals surface area contributed by atoms with Crippen molar-refractivity contribution in [3.05, 3.63) is 36.5 Å². The Kier molecular flexibility index (Phi) is 5.82. The van der Waals surface area contributed by atoms with Crippen LogP contribution in [-0.4, -0.2) is 36.2 Å². The third-order valence-electron chi connectivity index (χ3n) is 4.60. The minimum absolute atomic E-state index is 0.304. The molecule has 0 amide bonds. The minimum atomic E-state index is -0.541. The van der Waals surface area contributed by atoms with Gasteiger partial charge in [-0.3, -0.25) is 9.59 Å². The molecule has 1 aliphatic heterocycles. The van der Waals surface area contributed by atoms with Crippen LogP contribution < -0.4 is 0 Å². The van der Waals surface area contributed by atoms with E-state index in [-0.39, 0.29) is 5.92 Å². The monoisotopic (exact) mass is 348 g/mol. The van der Waals surface area contributed by atoms with Gasteiger partial charge in [-0.05, 0) is 30.4 Å². The molecule has 1 saturated carbocycles. The Morgan fingerprint density at radius 1 is 1.04 bits per heavy atom. The summed E-state index contributed by atoms with van der Waals surface area (Å²) in [6.45, 7) is 14.5. The van der Waals surface area contributed by atoms with Crippen LogP contribution in [0.25, 0.3) is 0 Å². The summed E-state index contributed by atoms with van der Waals surface area (Å²) in [6.07, 6.45) is 0.245.